The number of phenolic OH excluding ortho intramolecular Hbond substituents is 1. The molecular weight excluding hydrogens is 336 g/mol. The zero-order valence-electron chi connectivity index (χ0n) is 15.5. The van der Waals surface area contributed by atoms with Crippen molar-refractivity contribution < 1.29 is 5.11 Å². The van der Waals surface area contributed by atoms with Crippen LogP contribution in [0.15, 0.2) is 71.0 Å². The minimum atomic E-state index is 0.0963. The predicted molar refractivity (Wildman–Crippen MR) is 107 cm³/mol. The lowest BCUT2D eigenvalue weighted by Crippen LogP contribution is -1.86. The maximum Gasteiger partial charge on any atom is 0.187 e. The number of rotatable bonds is 3. The molecule has 1 N–H and O–H groups in total. The van der Waals surface area contributed by atoms with Gasteiger partial charge in [-0.3, -0.25) is 4.40 Å². The number of benzene rings is 2. The molecule has 4 rings (SSSR count). The molecular formula is C22H20N4O. The molecule has 0 amide bonds. The molecule has 27 heavy (non-hydrogen) atoms. The van der Waals surface area contributed by atoms with E-state index >= 15 is 0 Å². The highest BCUT2D eigenvalue weighted by molar-refractivity contribution is 5.77. The Morgan fingerprint density at radius 3 is 2.44 bits per heavy atom. The molecule has 0 saturated carbocycles. The molecule has 0 bridgehead atoms. The van der Waals surface area contributed by atoms with Crippen molar-refractivity contribution in [1.82, 2.24) is 9.38 Å². The SMILES string of the molecule is Cc1ccc(-c2nc3cc(C)ccn3c2N=Nc2ccccc2O)c(C)c1. The first-order chi connectivity index (χ1) is 13.0. The average Bonchev–Trinajstić information content (AvgIpc) is 2.98. The van der Waals surface area contributed by atoms with E-state index in [2.05, 4.69) is 42.3 Å². The third-order valence-electron chi connectivity index (χ3n) is 4.53. The van der Waals surface area contributed by atoms with Crippen molar-refractivity contribution in [3.63, 3.8) is 0 Å². The number of hydrogen-bond donors (Lipinski definition) is 1. The fourth-order valence-corrected chi connectivity index (χ4v) is 3.14. The van der Waals surface area contributed by atoms with Crippen molar-refractivity contribution in [3.05, 3.63) is 77.5 Å². The number of hydrogen-bond acceptors (Lipinski definition) is 4. The first-order valence-electron chi connectivity index (χ1n) is 8.79. The summed E-state index contributed by atoms with van der Waals surface area (Å²) in [6, 6.07) is 17.2. The summed E-state index contributed by atoms with van der Waals surface area (Å²) in [5.41, 5.74) is 6.50. The number of aromatic hydroxyl groups is 1. The highest BCUT2D eigenvalue weighted by Crippen LogP contribution is 2.35. The highest BCUT2D eigenvalue weighted by atomic mass is 16.3. The second kappa shape index (κ2) is 6.68. The third kappa shape index (κ3) is 3.19. The molecule has 0 aliphatic carbocycles. The third-order valence-corrected chi connectivity index (χ3v) is 4.53. The molecule has 0 fully saturated rings. The molecule has 5 heteroatoms. The molecule has 0 unspecified atom stereocenters. The van der Waals surface area contributed by atoms with Gasteiger partial charge >= 0.3 is 0 Å². The van der Waals surface area contributed by atoms with Crippen LogP contribution in [0.3, 0.4) is 0 Å². The van der Waals surface area contributed by atoms with Crippen molar-refractivity contribution in [3.8, 4) is 17.0 Å². The van der Waals surface area contributed by atoms with E-state index in [9.17, 15) is 5.11 Å². The van der Waals surface area contributed by atoms with E-state index in [0.717, 1.165) is 28.0 Å². The van der Waals surface area contributed by atoms with Crippen LogP contribution < -0.4 is 0 Å². The molecule has 0 spiro atoms. The van der Waals surface area contributed by atoms with Crippen molar-refractivity contribution in [2.45, 2.75) is 20.8 Å². The van der Waals surface area contributed by atoms with Crippen molar-refractivity contribution in [2.75, 3.05) is 0 Å². The first-order valence-corrected chi connectivity index (χ1v) is 8.79. The molecule has 2 aromatic carbocycles. The lowest BCUT2D eigenvalue weighted by atomic mass is 10.0. The Morgan fingerprint density at radius 2 is 1.67 bits per heavy atom. The van der Waals surface area contributed by atoms with Crippen LogP contribution in [0.5, 0.6) is 5.75 Å². The van der Waals surface area contributed by atoms with Crippen molar-refractivity contribution in [2.24, 2.45) is 10.2 Å². The monoisotopic (exact) mass is 356 g/mol. The van der Waals surface area contributed by atoms with Crippen molar-refractivity contribution in [1.29, 1.82) is 0 Å². The summed E-state index contributed by atoms with van der Waals surface area (Å²) in [4.78, 5) is 4.82. The van der Waals surface area contributed by atoms with Crippen LogP contribution in [-0.2, 0) is 0 Å². The van der Waals surface area contributed by atoms with Crippen LogP contribution in [0, 0.1) is 20.8 Å². The Morgan fingerprint density at radius 1 is 0.889 bits per heavy atom. The number of imidazole rings is 1. The van der Waals surface area contributed by atoms with Crippen LogP contribution in [0.4, 0.5) is 11.5 Å². The van der Waals surface area contributed by atoms with Crippen LogP contribution >= 0.6 is 0 Å². The Hall–Kier alpha value is -3.47. The van der Waals surface area contributed by atoms with Crippen LogP contribution in [-0.4, -0.2) is 14.5 Å². The van der Waals surface area contributed by atoms with Gasteiger partial charge in [0.05, 0.1) is 0 Å². The van der Waals surface area contributed by atoms with E-state index in [1.807, 2.05) is 35.7 Å². The topological polar surface area (TPSA) is 62.2 Å². The molecule has 0 atom stereocenters. The van der Waals surface area contributed by atoms with Crippen LogP contribution in [0.1, 0.15) is 16.7 Å². The second-order valence-electron chi connectivity index (χ2n) is 6.72. The normalized spacial score (nSPS) is 11.5. The molecule has 2 aromatic heterocycles. The van der Waals surface area contributed by atoms with Gasteiger partial charge in [-0.05, 0) is 56.2 Å². The second-order valence-corrected chi connectivity index (χ2v) is 6.72. The predicted octanol–water partition coefficient (Wildman–Crippen LogP) is 6.05. The van der Waals surface area contributed by atoms with Gasteiger partial charge in [0.15, 0.2) is 5.82 Å². The minimum Gasteiger partial charge on any atom is -0.506 e. The number of aryl methyl sites for hydroxylation is 3. The van der Waals surface area contributed by atoms with E-state index in [-0.39, 0.29) is 5.75 Å². The fourth-order valence-electron chi connectivity index (χ4n) is 3.14. The van der Waals surface area contributed by atoms with Crippen LogP contribution in [0.2, 0.25) is 0 Å². The Bertz CT molecular complexity index is 1170. The van der Waals surface area contributed by atoms with E-state index in [0.29, 0.717) is 11.5 Å². The summed E-state index contributed by atoms with van der Waals surface area (Å²) in [6.45, 7) is 6.18. The molecule has 2 heterocycles. The quantitative estimate of drug-likeness (QED) is 0.454. The van der Waals surface area contributed by atoms with Gasteiger partial charge in [-0.2, -0.15) is 0 Å². The van der Waals surface area contributed by atoms with Gasteiger partial charge in [-0.1, -0.05) is 35.9 Å². The smallest absolute Gasteiger partial charge is 0.187 e. The molecule has 5 nitrogen and oxygen atoms in total. The Kier molecular flexibility index (Phi) is 4.20. The summed E-state index contributed by atoms with van der Waals surface area (Å²) in [5.74, 6) is 0.735. The summed E-state index contributed by atoms with van der Waals surface area (Å²) in [6.07, 6.45) is 1.95. The molecule has 0 aliphatic rings. The van der Waals surface area contributed by atoms with Gasteiger partial charge < -0.3 is 5.11 Å². The maximum atomic E-state index is 9.97. The van der Waals surface area contributed by atoms with Gasteiger partial charge in [0.25, 0.3) is 0 Å². The van der Waals surface area contributed by atoms with Gasteiger partial charge in [0.2, 0.25) is 0 Å². The zero-order valence-corrected chi connectivity index (χ0v) is 15.5. The standard InChI is InChI=1S/C22H20N4O/c1-14-8-9-17(16(3)12-14)21-22(25-24-18-6-4-5-7-19(18)27)26-11-10-15(2)13-20(26)23-21/h4-13,27H,1-3H3. The number of para-hydroxylation sites is 1. The minimum absolute atomic E-state index is 0.0963. The van der Waals surface area contributed by atoms with Gasteiger partial charge in [-0.15, -0.1) is 10.2 Å². The van der Waals surface area contributed by atoms with E-state index in [4.69, 9.17) is 4.98 Å². The Balaban J connectivity index is 1.93. The molecule has 0 radical (unpaired) electrons. The number of aromatic nitrogens is 2. The lowest BCUT2D eigenvalue weighted by Gasteiger charge is -2.05. The average molecular weight is 356 g/mol. The molecule has 0 aliphatic heterocycles. The van der Waals surface area contributed by atoms with Gasteiger partial charge in [0, 0.05) is 11.8 Å². The zero-order chi connectivity index (χ0) is 19.0. The van der Waals surface area contributed by atoms with Gasteiger partial charge in [0.1, 0.15) is 22.8 Å². The maximum absolute atomic E-state index is 9.97. The highest BCUT2D eigenvalue weighted by Gasteiger charge is 2.16. The molecule has 0 saturated heterocycles. The van der Waals surface area contributed by atoms with Crippen LogP contribution in [0.25, 0.3) is 16.9 Å². The van der Waals surface area contributed by atoms with Gasteiger partial charge in [-0.25, -0.2) is 4.98 Å². The summed E-state index contributed by atoms with van der Waals surface area (Å²) < 4.78 is 1.92. The summed E-state index contributed by atoms with van der Waals surface area (Å²) >= 11 is 0. The van der Waals surface area contributed by atoms with E-state index in [1.165, 1.54) is 5.56 Å². The largest absolute Gasteiger partial charge is 0.506 e. The molecule has 134 valence electrons. The number of azo groups is 1. The van der Waals surface area contributed by atoms with E-state index < -0.39 is 0 Å². The summed E-state index contributed by atoms with van der Waals surface area (Å²) in [5, 5.41) is 18.7. The fraction of sp³-hybridized carbons (Fsp3) is 0.136. The number of phenols is 1. The Labute approximate surface area is 157 Å². The number of pyridine rings is 1. The number of nitrogens with zero attached hydrogens (tertiary/aromatic N) is 4. The summed E-state index contributed by atoms with van der Waals surface area (Å²) in [7, 11) is 0. The number of fused-ring (bicyclic) bond motifs is 1. The molecule has 4 aromatic rings. The van der Waals surface area contributed by atoms with Crippen molar-refractivity contribution >= 4 is 17.2 Å². The first kappa shape index (κ1) is 17.0. The lowest BCUT2D eigenvalue weighted by molar-refractivity contribution is 0.476. The van der Waals surface area contributed by atoms with E-state index in [1.54, 1.807) is 18.2 Å².